The summed E-state index contributed by atoms with van der Waals surface area (Å²) < 4.78 is 15.3. The zero-order valence-electron chi connectivity index (χ0n) is 13.6. The zero-order chi connectivity index (χ0) is 17.4. The number of hydrogen-bond acceptors (Lipinski definition) is 5. The van der Waals surface area contributed by atoms with E-state index in [1.54, 1.807) is 44.6 Å². The maximum atomic E-state index is 11.9. The maximum absolute atomic E-state index is 11.9. The Balaban J connectivity index is 1.81. The first-order valence-corrected chi connectivity index (χ1v) is 7.34. The fourth-order valence-corrected chi connectivity index (χ4v) is 2.03. The van der Waals surface area contributed by atoms with Gasteiger partial charge in [-0.15, -0.1) is 0 Å². The molecule has 0 aliphatic heterocycles. The Morgan fingerprint density at radius 1 is 0.958 bits per heavy atom. The van der Waals surface area contributed by atoms with Crippen molar-refractivity contribution in [2.75, 3.05) is 20.8 Å². The second-order valence-corrected chi connectivity index (χ2v) is 4.88. The molecular formula is C18H19NO5. The Bertz CT molecular complexity index is 697. The van der Waals surface area contributed by atoms with Crippen LogP contribution in [0.2, 0.25) is 0 Å². The van der Waals surface area contributed by atoms with E-state index in [0.29, 0.717) is 17.1 Å². The molecule has 0 aliphatic carbocycles. The highest BCUT2D eigenvalue weighted by Crippen LogP contribution is 2.18. The van der Waals surface area contributed by atoms with Gasteiger partial charge < -0.3 is 19.5 Å². The predicted molar refractivity (Wildman–Crippen MR) is 88.1 cm³/mol. The van der Waals surface area contributed by atoms with Crippen LogP contribution in [0.5, 0.6) is 11.5 Å². The van der Waals surface area contributed by atoms with E-state index in [9.17, 15) is 9.59 Å². The van der Waals surface area contributed by atoms with E-state index < -0.39 is 5.97 Å². The first-order chi connectivity index (χ1) is 11.6. The van der Waals surface area contributed by atoms with Gasteiger partial charge in [0, 0.05) is 11.1 Å². The van der Waals surface area contributed by atoms with Gasteiger partial charge in [-0.05, 0) is 30.3 Å². The molecule has 0 aliphatic rings. The molecule has 0 saturated carbocycles. The zero-order valence-corrected chi connectivity index (χ0v) is 13.6. The summed E-state index contributed by atoms with van der Waals surface area (Å²) in [5, 5.41) is 2.52. The quantitative estimate of drug-likeness (QED) is 0.788. The van der Waals surface area contributed by atoms with Crippen LogP contribution in [-0.4, -0.2) is 32.6 Å². The summed E-state index contributed by atoms with van der Waals surface area (Å²) in [6, 6.07) is 13.8. The van der Waals surface area contributed by atoms with Crippen molar-refractivity contribution in [1.82, 2.24) is 5.32 Å². The number of ether oxygens (including phenoxy) is 3. The summed E-state index contributed by atoms with van der Waals surface area (Å²) in [7, 11) is 3.10. The molecule has 0 atom stereocenters. The Hall–Kier alpha value is -3.02. The van der Waals surface area contributed by atoms with Gasteiger partial charge in [-0.1, -0.05) is 18.2 Å². The van der Waals surface area contributed by atoms with Gasteiger partial charge in [-0.3, -0.25) is 9.59 Å². The van der Waals surface area contributed by atoms with Crippen LogP contribution in [0.25, 0.3) is 0 Å². The molecule has 0 saturated heterocycles. The van der Waals surface area contributed by atoms with Crippen LogP contribution in [-0.2, 0) is 16.1 Å². The van der Waals surface area contributed by atoms with Crippen molar-refractivity contribution in [1.29, 1.82) is 0 Å². The number of para-hydroxylation sites is 1. The van der Waals surface area contributed by atoms with Crippen LogP contribution in [0, 0.1) is 0 Å². The van der Waals surface area contributed by atoms with Gasteiger partial charge in [0.1, 0.15) is 24.7 Å². The molecule has 0 radical (unpaired) electrons. The SMILES string of the molecule is COc1ccc(C(=O)NCC(=O)OCc2ccccc2OC)cc1. The smallest absolute Gasteiger partial charge is 0.325 e. The van der Waals surface area contributed by atoms with E-state index in [-0.39, 0.29) is 19.1 Å². The fourth-order valence-electron chi connectivity index (χ4n) is 2.03. The minimum Gasteiger partial charge on any atom is -0.497 e. The Labute approximate surface area is 140 Å². The molecule has 0 spiro atoms. The molecule has 0 aromatic heterocycles. The molecule has 6 nitrogen and oxygen atoms in total. The topological polar surface area (TPSA) is 73.9 Å². The number of amides is 1. The van der Waals surface area contributed by atoms with E-state index in [2.05, 4.69) is 5.32 Å². The first-order valence-electron chi connectivity index (χ1n) is 7.34. The third kappa shape index (κ3) is 4.74. The molecule has 2 rings (SSSR count). The average molecular weight is 329 g/mol. The van der Waals surface area contributed by atoms with Crippen molar-refractivity contribution in [2.45, 2.75) is 6.61 Å². The lowest BCUT2D eigenvalue weighted by atomic mass is 10.2. The largest absolute Gasteiger partial charge is 0.497 e. The lowest BCUT2D eigenvalue weighted by molar-refractivity contribution is -0.143. The Morgan fingerprint density at radius 2 is 1.67 bits per heavy atom. The number of benzene rings is 2. The molecule has 0 heterocycles. The van der Waals surface area contributed by atoms with E-state index in [1.165, 1.54) is 0 Å². The molecule has 126 valence electrons. The third-order valence-corrected chi connectivity index (χ3v) is 3.33. The standard InChI is InChI=1S/C18H19NO5/c1-22-15-9-7-13(8-10-15)18(21)19-11-17(20)24-12-14-5-3-4-6-16(14)23-2/h3-10H,11-12H2,1-2H3,(H,19,21). The van der Waals surface area contributed by atoms with Crippen LogP contribution in [0.3, 0.4) is 0 Å². The second-order valence-electron chi connectivity index (χ2n) is 4.88. The summed E-state index contributed by atoms with van der Waals surface area (Å²) in [5.41, 5.74) is 1.20. The third-order valence-electron chi connectivity index (χ3n) is 3.33. The van der Waals surface area contributed by atoms with Gasteiger partial charge >= 0.3 is 5.97 Å². The van der Waals surface area contributed by atoms with Gasteiger partial charge in [0.25, 0.3) is 5.91 Å². The van der Waals surface area contributed by atoms with Gasteiger partial charge in [0.05, 0.1) is 14.2 Å². The van der Waals surface area contributed by atoms with Gasteiger partial charge in [0.2, 0.25) is 0 Å². The first kappa shape index (κ1) is 17.3. The number of carbonyl (C=O) groups excluding carboxylic acids is 2. The molecule has 1 N–H and O–H groups in total. The van der Waals surface area contributed by atoms with Crippen LogP contribution >= 0.6 is 0 Å². The molecular weight excluding hydrogens is 310 g/mol. The predicted octanol–water partition coefficient (Wildman–Crippen LogP) is 2.18. The summed E-state index contributed by atoms with van der Waals surface area (Å²) in [6.07, 6.45) is 0. The van der Waals surface area contributed by atoms with E-state index in [1.807, 2.05) is 18.2 Å². The van der Waals surface area contributed by atoms with E-state index >= 15 is 0 Å². The fraction of sp³-hybridized carbons (Fsp3) is 0.222. The molecule has 2 aromatic carbocycles. The Kier molecular flexibility index (Phi) is 6.19. The maximum Gasteiger partial charge on any atom is 0.325 e. The number of nitrogens with one attached hydrogen (secondary N) is 1. The summed E-state index contributed by atoms with van der Waals surface area (Å²) in [4.78, 5) is 23.7. The second kappa shape index (κ2) is 8.57. The van der Waals surface area contributed by atoms with Crippen molar-refractivity contribution >= 4 is 11.9 Å². The monoisotopic (exact) mass is 329 g/mol. The average Bonchev–Trinajstić information content (AvgIpc) is 2.64. The van der Waals surface area contributed by atoms with Gasteiger partial charge in [0.15, 0.2) is 0 Å². The highest BCUT2D eigenvalue weighted by molar-refractivity contribution is 5.96. The normalized spacial score (nSPS) is 9.92. The number of carbonyl (C=O) groups is 2. The van der Waals surface area contributed by atoms with Crippen LogP contribution in [0.4, 0.5) is 0 Å². The Morgan fingerprint density at radius 3 is 2.33 bits per heavy atom. The number of esters is 1. The number of rotatable bonds is 7. The summed E-state index contributed by atoms with van der Waals surface area (Å²) in [5.74, 6) is 0.421. The number of hydrogen-bond donors (Lipinski definition) is 1. The van der Waals surface area contributed by atoms with Crippen molar-refractivity contribution < 1.29 is 23.8 Å². The summed E-state index contributed by atoms with van der Waals surface area (Å²) >= 11 is 0. The minimum atomic E-state index is -0.525. The van der Waals surface area contributed by atoms with Crippen molar-refractivity contribution in [3.63, 3.8) is 0 Å². The molecule has 0 fully saturated rings. The lowest BCUT2D eigenvalue weighted by Gasteiger charge is -2.09. The summed E-state index contributed by atoms with van der Waals surface area (Å²) in [6.45, 7) is -0.124. The van der Waals surface area contributed by atoms with Crippen LogP contribution in [0.1, 0.15) is 15.9 Å². The van der Waals surface area contributed by atoms with Gasteiger partial charge in [-0.25, -0.2) is 0 Å². The molecule has 0 bridgehead atoms. The van der Waals surface area contributed by atoms with E-state index in [4.69, 9.17) is 14.2 Å². The van der Waals surface area contributed by atoms with Crippen molar-refractivity contribution in [2.24, 2.45) is 0 Å². The molecule has 6 heteroatoms. The van der Waals surface area contributed by atoms with Crippen molar-refractivity contribution in [3.8, 4) is 11.5 Å². The van der Waals surface area contributed by atoms with Crippen LogP contribution < -0.4 is 14.8 Å². The van der Waals surface area contributed by atoms with Crippen LogP contribution in [0.15, 0.2) is 48.5 Å². The minimum absolute atomic E-state index is 0.0846. The lowest BCUT2D eigenvalue weighted by Crippen LogP contribution is -2.30. The molecule has 0 unspecified atom stereocenters. The molecule has 2 aromatic rings. The van der Waals surface area contributed by atoms with Gasteiger partial charge in [-0.2, -0.15) is 0 Å². The van der Waals surface area contributed by atoms with Crippen molar-refractivity contribution in [3.05, 3.63) is 59.7 Å². The highest BCUT2D eigenvalue weighted by Gasteiger charge is 2.10. The van der Waals surface area contributed by atoms with E-state index in [0.717, 1.165) is 5.56 Å². The highest BCUT2D eigenvalue weighted by atomic mass is 16.5. The number of methoxy groups -OCH3 is 2. The molecule has 24 heavy (non-hydrogen) atoms. The molecule has 1 amide bonds.